The molecule has 0 radical (unpaired) electrons. The minimum Gasteiger partial charge on any atom is -0.370 e. The first-order valence-electron chi connectivity index (χ1n) is 12.1. The Morgan fingerprint density at radius 3 is 2.29 bits per heavy atom. The fraction of sp³-hybridized carbons (Fsp3) is 1.00. The summed E-state index contributed by atoms with van der Waals surface area (Å²) in [6, 6.07) is 0.844. The van der Waals surface area contributed by atoms with Crippen LogP contribution in [0.2, 0.25) is 0 Å². The maximum atomic E-state index is 6.22. The fourth-order valence-corrected chi connectivity index (χ4v) is 6.80. The van der Waals surface area contributed by atoms with Crippen LogP contribution in [0.5, 0.6) is 0 Å². The summed E-state index contributed by atoms with van der Waals surface area (Å²) < 4.78 is 6.22. The molecule has 0 aromatic carbocycles. The van der Waals surface area contributed by atoms with Crippen molar-refractivity contribution in [3.8, 4) is 0 Å². The number of piperidine rings is 2. The van der Waals surface area contributed by atoms with E-state index in [1.54, 1.807) is 0 Å². The molecule has 160 valence electrons. The highest BCUT2D eigenvalue weighted by molar-refractivity contribution is 5.06. The van der Waals surface area contributed by atoms with E-state index in [1.807, 2.05) is 0 Å². The van der Waals surface area contributed by atoms with E-state index in [0.29, 0.717) is 5.41 Å². The molecule has 0 bridgehead atoms. The smallest absolute Gasteiger partial charge is 0.106 e. The maximum absolute atomic E-state index is 6.22. The van der Waals surface area contributed by atoms with Gasteiger partial charge in [-0.2, -0.15) is 0 Å². The van der Waals surface area contributed by atoms with Crippen molar-refractivity contribution in [2.75, 3.05) is 79.1 Å². The molecule has 0 N–H and O–H groups in total. The van der Waals surface area contributed by atoms with Gasteiger partial charge in [-0.25, -0.2) is 0 Å². The van der Waals surface area contributed by atoms with Crippen molar-refractivity contribution in [3.63, 3.8) is 0 Å². The van der Waals surface area contributed by atoms with Gasteiger partial charge in [0.1, 0.15) is 5.60 Å². The van der Waals surface area contributed by atoms with Crippen molar-refractivity contribution in [2.45, 2.75) is 57.1 Å². The minimum absolute atomic E-state index is 0.175. The number of likely N-dealkylation sites (N-methyl/N-ethyl adjacent to an activating group) is 1. The molecule has 5 aliphatic rings. The number of morpholine rings is 1. The molecule has 0 atom stereocenters. The van der Waals surface area contributed by atoms with E-state index >= 15 is 0 Å². The lowest BCUT2D eigenvalue weighted by Gasteiger charge is -2.60. The van der Waals surface area contributed by atoms with Crippen LogP contribution in [0.4, 0.5) is 0 Å². The zero-order valence-corrected chi connectivity index (χ0v) is 18.4. The Labute approximate surface area is 172 Å². The second-order valence-electron chi connectivity index (χ2n) is 10.9. The van der Waals surface area contributed by atoms with Gasteiger partial charge >= 0.3 is 0 Å². The van der Waals surface area contributed by atoms with Crippen molar-refractivity contribution in [1.29, 1.82) is 0 Å². The highest BCUT2D eigenvalue weighted by Crippen LogP contribution is 2.51. The molecule has 0 amide bonds. The third-order valence-electron chi connectivity index (χ3n) is 8.87. The number of ether oxygens (including phenoxy) is 1. The number of rotatable bonds is 4. The zero-order valence-electron chi connectivity index (χ0n) is 18.4. The lowest BCUT2D eigenvalue weighted by Crippen LogP contribution is -2.71. The van der Waals surface area contributed by atoms with Gasteiger partial charge < -0.3 is 14.5 Å². The van der Waals surface area contributed by atoms with Gasteiger partial charge in [0.05, 0.1) is 6.61 Å². The average molecular weight is 391 g/mol. The molecule has 5 fully saturated rings. The Morgan fingerprint density at radius 1 is 0.893 bits per heavy atom. The van der Waals surface area contributed by atoms with Crippen LogP contribution in [0.1, 0.15) is 45.4 Å². The van der Waals surface area contributed by atoms with Crippen LogP contribution >= 0.6 is 0 Å². The lowest BCUT2D eigenvalue weighted by atomic mass is 9.59. The van der Waals surface area contributed by atoms with E-state index in [9.17, 15) is 0 Å². The van der Waals surface area contributed by atoms with Gasteiger partial charge in [0, 0.05) is 38.8 Å². The average Bonchev–Trinajstić information content (AvgIpc) is 2.67. The van der Waals surface area contributed by atoms with Crippen molar-refractivity contribution >= 4 is 0 Å². The van der Waals surface area contributed by atoms with Crippen LogP contribution in [-0.4, -0.2) is 110 Å². The minimum atomic E-state index is 0.175. The Morgan fingerprint density at radius 2 is 1.61 bits per heavy atom. The van der Waals surface area contributed by atoms with Gasteiger partial charge in [0.15, 0.2) is 0 Å². The van der Waals surface area contributed by atoms with E-state index < -0.39 is 0 Å². The van der Waals surface area contributed by atoms with E-state index in [-0.39, 0.29) is 5.60 Å². The number of hydrogen-bond donors (Lipinski definition) is 0. The molecule has 0 aromatic rings. The first-order valence-corrected chi connectivity index (χ1v) is 12.1. The topological polar surface area (TPSA) is 22.2 Å². The van der Waals surface area contributed by atoms with Gasteiger partial charge in [-0.15, -0.1) is 0 Å². The Bertz CT molecular complexity index is 525. The van der Waals surface area contributed by atoms with Crippen molar-refractivity contribution in [1.82, 2.24) is 19.6 Å². The number of nitrogens with zero attached hydrogens (tertiary/aromatic N) is 4. The van der Waals surface area contributed by atoms with E-state index in [1.165, 1.54) is 84.3 Å². The lowest BCUT2D eigenvalue weighted by molar-refractivity contribution is -0.200. The summed E-state index contributed by atoms with van der Waals surface area (Å²) in [4.78, 5) is 10.6. The number of hydrogen-bond acceptors (Lipinski definition) is 5. The van der Waals surface area contributed by atoms with Gasteiger partial charge in [-0.05, 0) is 89.6 Å². The molecule has 5 heteroatoms. The molecular formula is C23H42N4O. The van der Waals surface area contributed by atoms with E-state index in [0.717, 1.165) is 38.2 Å². The summed E-state index contributed by atoms with van der Waals surface area (Å²) in [7, 11) is 2.27. The Hall–Kier alpha value is -0.200. The van der Waals surface area contributed by atoms with Crippen LogP contribution < -0.4 is 0 Å². The van der Waals surface area contributed by atoms with Gasteiger partial charge in [0.2, 0.25) is 0 Å². The molecule has 0 aromatic heterocycles. The predicted octanol–water partition coefficient (Wildman–Crippen LogP) is 1.98. The third-order valence-corrected chi connectivity index (χ3v) is 8.87. The van der Waals surface area contributed by atoms with Crippen LogP contribution in [0.15, 0.2) is 0 Å². The second-order valence-corrected chi connectivity index (χ2v) is 10.9. The van der Waals surface area contributed by atoms with E-state index in [4.69, 9.17) is 4.74 Å². The molecule has 28 heavy (non-hydrogen) atoms. The third kappa shape index (κ3) is 3.90. The molecule has 4 heterocycles. The highest BCUT2D eigenvalue weighted by Gasteiger charge is 2.52. The quantitative estimate of drug-likeness (QED) is 0.730. The summed E-state index contributed by atoms with van der Waals surface area (Å²) in [6.07, 6.45) is 8.65. The van der Waals surface area contributed by atoms with Crippen LogP contribution in [0.3, 0.4) is 0 Å². The Balaban J connectivity index is 1.05. The summed E-state index contributed by atoms with van der Waals surface area (Å²) in [6.45, 7) is 15.8. The normalized spacial score (nSPS) is 33.2. The molecule has 4 saturated heterocycles. The van der Waals surface area contributed by atoms with Gasteiger partial charge in [-0.3, -0.25) is 9.80 Å². The van der Waals surface area contributed by atoms with Crippen molar-refractivity contribution in [3.05, 3.63) is 0 Å². The van der Waals surface area contributed by atoms with Gasteiger partial charge in [0.25, 0.3) is 0 Å². The molecular weight excluding hydrogens is 348 g/mol. The molecule has 0 unspecified atom stereocenters. The molecule has 1 aliphatic carbocycles. The van der Waals surface area contributed by atoms with Crippen LogP contribution in [0, 0.1) is 11.3 Å². The monoisotopic (exact) mass is 390 g/mol. The molecule has 5 rings (SSSR count). The Kier molecular flexibility index (Phi) is 5.51. The molecule has 2 spiro atoms. The fourth-order valence-electron chi connectivity index (χ4n) is 6.80. The number of likely N-dealkylation sites (tertiary alicyclic amines) is 3. The molecule has 4 aliphatic heterocycles. The van der Waals surface area contributed by atoms with Crippen molar-refractivity contribution < 1.29 is 4.74 Å². The van der Waals surface area contributed by atoms with Gasteiger partial charge in [-0.1, -0.05) is 6.92 Å². The first kappa shape index (κ1) is 19.7. The van der Waals surface area contributed by atoms with E-state index in [2.05, 4.69) is 33.6 Å². The summed E-state index contributed by atoms with van der Waals surface area (Å²) in [5, 5.41) is 0. The zero-order chi connectivity index (χ0) is 19.2. The van der Waals surface area contributed by atoms with Crippen LogP contribution in [-0.2, 0) is 4.74 Å². The highest BCUT2D eigenvalue weighted by atomic mass is 16.5. The summed E-state index contributed by atoms with van der Waals surface area (Å²) >= 11 is 0. The molecule has 1 saturated carbocycles. The first-order chi connectivity index (χ1) is 13.6. The predicted molar refractivity (Wildman–Crippen MR) is 114 cm³/mol. The summed E-state index contributed by atoms with van der Waals surface area (Å²) in [5.74, 6) is 0.953. The maximum Gasteiger partial charge on any atom is 0.106 e. The SMILES string of the molecule is CCN1CC2(C1)CN(C1CC3(CCN(CC4CCN(C)CC4)CC3)C1)CCO2. The standard InChI is InChI=1S/C23H42N4O/c1-3-25-17-23(18-25)19-27(12-13-28-23)21-14-22(15-21)6-10-26(11-7-22)16-20-4-8-24(2)9-5-20/h20-21H,3-19H2,1-2H3. The molecule has 5 nitrogen and oxygen atoms in total. The second kappa shape index (κ2) is 7.81. The van der Waals surface area contributed by atoms with Crippen molar-refractivity contribution in [2.24, 2.45) is 11.3 Å². The van der Waals surface area contributed by atoms with Crippen LogP contribution in [0.25, 0.3) is 0 Å². The largest absolute Gasteiger partial charge is 0.370 e. The summed E-state index contributed by atoms with van der Waals surface area (Å²) in [5.41, 5.74) is 0.864.